The van der Waals surface area contributed by atoms with Crippen molar-refractivity contribution in [1.82, 2.24) is 9.97 Å². The molecular formula is C21H16F3N3S. The fourth-order valence-corrected chi connectivity index (χ4v) is 3.88. The lowest BCUT2D eigenvalue weighted by atomic mass is 10.1. The number of alkyl halides is 3. The third-order valence-electron chi connectivity index (χ3n) is 4.41. The first-order valence-electron chi connectivity index (χ1n) is 8.62. The number of nitrogens with zero attached hydrogens (tertiary/aromatic N) is 2. The van der Waals surface area contributed by atoms with Crippen LogP contribution in [0.15, 0.2) is 60.1 Å². The highest BCUT2D eigenvalue weighted by Gasteiger charge is 2.30. The first-order chi connectivity index (χ1) is 13.4. The van der Waals surface area contributed by atoms with Crippen molar-refractivity contribution < 1.29 is 13.2 Å². The van der Waals surface area contributed by atoms with Crippen LogP contribution in [0.2, 0.25) is 0 Å². The van der Waals surface area contributed by atoms with E-state index in [-0.39, 0.29) is 6.54 Å². The third kappa shape index (κ3) is 3.71. The van der Waals surface area contributed by atoms with Crippen LogP contribution in [-0.4, -0.2) is 9.97 Å². The maximum Gasteiger partial charge on any atom is 0.416 e. The van der Waals surface area contributed by atoms with Gasteiger partial charge in [0.15, 0.2) is 5.82 Å². The summed E-state index contributed by atoms with van der Waals surface area (Å²) < 4.78 is 39.8. The second-order valence-corrected chi connectivity index (χ2v) is 7.33. The summed E-state index contributed by atoms with van der Waals surface area (Å²) in [7, 11) is 0. The molecule has 1 N–H and O–H groups in total. The predicted octanol–water partition coefficient (Wildman–Crippen LogP) is 6.30. The van der Waals surface area contributed by atoms with E-state index in [2.05, 4.69) is 15.3 Å². The number of anilines is 1. The summed E-state index contributed by atoms with van der Waals surface area (Å²) in [6, 6.07) is 13.3. The summed E-state index contributed by atoms with van der Waals surface area (Å²) in [6.45, 7) is 2.11. The molecule has 0 saturated carbocycles. The molecule has 28 heavy (non-hydrogen) atoms. The summed E-state index contributed by atoms with van der Waals surface area (Å²) in [5.74, 6) is 1.20. The van der Waals surface area contributed by atoms with Crippen LogP contribution in [0.4, 0.5) is 19.0 Å². The molecule has 0 bridgehead atoms. The molecule has 2 heterocycles. The number of rotatable bonds is 4. The largest absolute Gasteiger partial charge is 0.416 e. The maximum atomic E-state index is 12.9. The van der Waals surface area contributed by atoms with Gasteiger partial charge in [-0.1, -0.05) is 30.3 Å². The van der Waals surface area contributed by atoms with Gasteiger partial charge in [-0.15, -0.1) is 11.3 Å². The van der Waals surface area contributed by atoms with Crippen molar-refractivity contribution in [3.8, 4) is 11.4 Å². The Morgan fingerprint density at radius 3 is 2.71 bits per heavy atom. The highest BCUT2D eigenvalue weighted by molar-refractivity contribution is 7.17. The van der Waals surface area contributed by atoms with Gasteiger partial charge < -0.3 is 5.32 Å². The van der Waals surface area contributed by atoms with Crippen LogP contribution in [0.25, 0.3) is 21.5 Å². The Morgan fingerprint density at radius 1 is 1.07 bits per heavy atom. The first-order valence-corrected chi connectivity index (χ1v) is 9.50. The number of hydrogen-bond donors (Lipinski definition) is 1. The zero-order chi connectivity index (χ0) is 19.7. The third-order valence-corrected chi connectivity index (χ3v) is 5.37. The number of aromatic nitrogens is 2. The fraction of sp³-hybridized carbons (Fsp3) is 0.143. The molecule has 2 aromatic carbocycles. The molecule has 0 saturated heterocycles. The SMILES string of the molecule is Cc1cnc(-c2csc3ccccc23)nc1NCc1cccc(C(F)(F)F)c1. The molecule has 0 amide bonds. The van der Waals surface area contributed by atoms with E-state index in [1.807, 2.05) is 36.6 Å². The van der Waals surface area contributed by atoms with Crippen LogP contribution in [0.3, 0.4) is 0 Å². The Kier molecular flexibility index (Phi) is 4.77. The predicted molar refractivity (Wildman–Crippen MR) is 106 cm³/mol. The van der Waals surface area contributed by atoms with Crippen LogP contribution in [-0.2, 0) is 12.7 Å². The Morgan fingerprint density at radius 2 is 1.89 bits per heavy atom. The number of hydrogen-bond acceptors (Lipinski definition) is 4. The topological polar surface area (TPSA) is 37.8 Å². The lowest BCUT2D eigenvalue weighted by Gasteiger charge is -2.12. The minimum Gasteiger partial charge on any atom is -0.366 e. The van der Waals surface area contributed by atoms with Gasteiger partial charge in [0.2, 0.25) is 0 Å². The molecule has 0 atom stereocenters. The normalized spacial score (nSPS) is 11.7. The average Bonchev–Trinajstić information content (AvgIpc) is 3.11. The van der Waals surface area contributed by atoms with Gasteiger partial charge in [0.1, 0.15) is 5.82 Å². The van der Waals surface area contributed by atoms with Crippen molar-refractivity contribution in [2.75, 3.05) is 5.32 Å². The zero-order valence-corrected chi connectivity index (χ0v) is 15.7. The van der Waals surface area contributed by atoms with Crippen LogP contribution in [0.1, 0.15) is 16.7 Å². The van der Waals surface area contributed by atoms with Crippen molar-refractivity contribution in [2.24, 2.45) is 0 Å². The molecule has 4 aromatic rings. The Labute approximate surface area is 163 Å². The number of halogens is 3. The summed E-state index contributed by atoms with van der Waals surface area (Å²) in [5, 5.41) is 6.25. The average molecular weight is 399 g/mol. The second-order valence-electron chi connectivity index (χ2n) is 6.42. The van der Waals surface area contributed by atoms with Crippen molar-refractivity contribution in [3.05, 3.63) is 76.8 Å². The minimum atomic E-state index is -4.35. The fourth-order valence-electron chi connectivity index (χ4n) is 2.95. The van der Waals surface area contributed by atoms with Gasteiger partial charge in [-0.3, -0.25) is 0 Å². The summed E-state index contributed by atoms with van der Waals surface area (Å²) >= 11 is 1.63. The van der Waals surface area contributed by atoms with E-state index in [0.717, 1.165) is 33.3 Å². The highest BCUT2D eigenvalue weighted by Crippen LogP contribution is 2.33. The molecule has 3 nitrogen and oxygen atoms in total. The van der Waals surface area contributed by atoms with Gasteiger partial charge in [0, 0.05) is 39.3 Å². The van der Waals surface area contributed by atoms with Gasteiger partial charge in [-0.2, -0.15) is 13.2 Å². The molecule has 0 aliphatic heterocycles. The molecule has 142 valence electrons. The van der Waals surface area contributed by atoms with E-state index in [9.17, 15) is 13.2 Å². The molecule has 0 aliphatic rings. The molecule has 0 radical (unpaired) electrons. The van der Waals surface area contributed by atoms with E-state index < -0.39 is 11.7 Å². The van der Waals surface area contributed by atoms with Gasteiger partial charge in [0.05, 0.1) is 5.56 Å². The minimum absolute atomic E-state index is 0.242. The van der Waals surface area contributed by atoms with Gasteiger partial charge >= 0.3 is 6.18 Å². The van der Waals surface area contributed by atoms with E-state index >= 15 is 0 Å². The molecule has 0 fully saturated rings. The van der Waals surface area contributed by atoms with Crippen LogP contribution >= 0.6 is 11.3 Å². The molecule has 2 aromatic heterocycles. The number of aryl methyl sites for hydroxylation is 1. The Hall–Kier alpha value is -2.93. The monoisotopic (exact) mass is 399 g/mol. The van der Waals surface area contributed by atoms with Crippen LogP contribution < -0.4 is 5.32 Å². The van der Waals surface area contributed by atoms with E-state index in [1.54, 1.807) is 23.6 Å². The molecule has 4 rings (SSSR count). The number of benzene rings is 2. The molecule has 0 spiro atoms. The summed E-state index contributed by atoms with van der Waals surface area (Å²) in [6.07, 6.45) is -2.63. The molecular weight excluding hydrogens is 383 g/mol. The van der Waals surface area contributed by atoms with Crippen molar-refractivity contribution in [1.29, 1.82) is 0 Å². The quantitative estimate of drug-likeness (QED) is 0.438. The Bertz CT molecular complexity index is 1140. The lowest BCUT2D eigenvalue weighted by Crippen LogP contribution is -2.08. The Balaban J connectivity index is 1.60. The van der Waals surface area contributed by atoms with Crippen molar-refractivity contribution >= 4 is 27.2 Å². The van der Waals surface area contributed by atoms with Crippen molar-refractivity contribution in [2.45, 2.75) is 19.6 Å². The smallest absolute Gasteiger partial charge is 0.366 e. The lowest BCUT2D eigenvalue weighted by molar-refractivity contribution is -0.137. The number of thiophene rings is 1. The van der Waals surface area contributed by atoms with Crippen molar-refractivity contribution in [3.63, 3.8) is 0 Å². The second kappa shape index (κ2) is 7.24. The van der Waals surface area contributed by atoms with Crippen LogP contribution in [0, 0.1) is 6.92 Å². The van der Waals surface area contributed by atoms with E-state index in [4.69, 9.17) is 0 Å². The summed E-state index contributed by atoms with van der Waals surface area (Å²) in [4.78, 5) is 9.05. The number of fused-ring (bicyclic) bond motifs is 1. The standard InChI is InChI=1S/C21H16F3N3S/c1-13-10-25-20(17-12-28-18-8-3-2-7-16(17)18)27-19(13)26-11-14-5-4-6-15(9-14)21(22,23)24/h2-10,12H,11H2,1H3,(H,25,26,27). The zero-order valence-electron chi connectivity index (χ0n) is 14.9. The molecule has 0 aliphatic carbocycles. The van der Waals surface area contributed by atoms with E-state index in [1.165, 1.54) is 6.07 Å². The van der Waals surface area contributed by atoms with Crippen LogP contribution in [0.5, 0.6) is 0 Å². The maximum absolute atomic E-state index is 12.9. The van der Waals surface area contributed by atoms with Gasteiger partial charge in [-0.05, 0) is 30.7 Å². The van der Waals surface area contributed by atoms with E-state index in [0.29, 0.717) is 17.2 Å². The van der Waals surface area contributed by atoms with Gasteiger partial charge in [0.25, 0.3) is 0 Å². The molecule has 7 heteroatoms. The van der Waals surface area contributed by atoms with Gasteiger partial charge in [-0.25, -0.2) is 9.97 Å². The molecule has 0 unspecified atom stereocenters. The highest BCUT2D eigenvalue weighted by atomic mass is 32.1. The first kappa shape index (κ1) is 18.4. The summed E-state index contributed by atoms with van der Waals surface area (Å²) in [5.41, 5.74) is 1.66. The number of nitrogens with one attached hydrogen (secondary N) is 1.